The summed E-state index contributed by atoms with van der Waals surface area (Å²) < 4.78 is 0. The van der Waals surface area contributed by atoms with E-state index in [9.17, 15) is 5.11 Å². The summed E-state index contributed by atoms with van der Waals surface area (Å²) in [6, 6.07) is 0. The molecule has 4 unspecified atom stereocenters. The number of aliphatic hydroxyl groups is 1. The van der Waals surface area contributed by atoms with Gasteiger partial charge in [-0.05, 0) is 56.8 Å². The Bertz CT molecular complexity index is 326. The molecule has 0 aromatic carbocycles. The van der Waals surface area contributed by atoms with Gasteiger partial charge in [-0.1, -0.05) is 31.2 Å². The fourth-order valence-electron chi connectivity index (χ4n) is 3.67. The van der Waals surface area contributed by atoms with Gasteiger partial charge in [0.05, 0.1) is 5.60 Å². The predicted molar refractivity (Wildman–Crippen MR) is 68.1 cm³/mol. The Kier molecular flexibility index (Phi) is 2.78. The van der Waals surface area contributed by atoms with Crippen molar-refractivity contribution in [3.8, 4) is 0 Å². The molecule has 0 radical (unpaired) electrons. The number of hydrogen-bond acceptors (Lipinski definition) is 1. The molecule has 0 bridgehead atoms. The summed E-state index contributed by atoms with van der Waals surface area (Å²) in [6.45, 7) is 10.6. The van der Waals surface area contributed by atoms with E-state index in [2.05, 4.69) is 26.5 Å². The second-order valence-electron chi connectivity index (χ2n) is 6.18. The highest BCUT2D eigenvalue weighted by atomic mass is 16.3. The summed E-state index contributed by atoms with van der Waals surface area (Å²) in [6.07, 6.45) is 8.88. The van der Waals surface area contributed by atoms with Crippen molar-refractivity contribution < 1.29 is 5.11 Å². The van der Waals surface area contributed by atoms with Crippen molar-refractivity contribution in [1.82, 2.24) is 0 Å². The molecular weight excluding hydrogens is 196 g/mol. The Morgan fingerprint density at radius 1 is 1.31 bits per heavy atom. The zero-order valence-corrected chi connectivity index (χ0v) is 10.8. The predicted octanol–water partition coefficient (Wildman–Crippen LogP) is 3.70. The van der Waals surface area contributed by atoms with Crippen molar-refractivity contribution in [3.05, 3.63) is 24.3 Å². The lowest BCUT2D eigenvalue weighted by Crippen LogP contribution is -2.37. The molecule has 90 valence electrons. The van der Waals surface area contributed by atoms with Gasteiger partial charge in [-0.3, -0.25) is 0 Å². The van der Waals surface area contributed by atoms with Crippen molar-refractivity contribution in [3.63, 3.8) is 0 Å². The van der Waals surface area contributed by atoms with E-state index in [0.29, 0.717) is 5.92 Å². The summed E-state index contributed by atoms with van der Waals surface area (Å²) in [5, 5.41) is 10.0. The first-order valence-electron chi connectivity index (χ1n) is 6.45. The molecule has 2 aliphatic carbocycles. The van der Waals surface area contributed by atoms with Crippen LogP contribution in [0.25, 0.3) is 0 Å². The van der Waals surface area contributed by atoms with Gasteiger partial charge < -0.3 is 5.11 Å². The van der Waals surface area contributed by atoms with E-state index in [-0.39, 0.29) is 5.41 Å². The molecule has 0 aromatic rings. The topological polar surface area (TPSA) is 20.2 Å². The Labute approximate surface area is 99.3 Å². The van der Waals surface area contributed by atoms with Crippen molar-refractivity contribution in [2.24, 2.45) is 17.3 Å². The Morgan fingerprint density at radius 2 is 2.00 bits per heavy atom. The molecule has 1 nitrogen and oxygen atoms in total. The molecule has 2 rings (SSSR count). The van der Waals surface area contributed by atoms with E-state index in [4.69, 9.17) is 0 Å². The van der Waals surface area contributed by atoms with Gasteiger partial charge >= 0.3 is 0 Å². The minimum Gasteiger partial charge on any atom is -0.386 e. The van der Waals surface area contributed by atoms with Crippen LogP contribution in [0.3, 0.4) is 0 Å². The first kappa shape index (κ1) is 11.9. The summed E-state index contributed by atoms with van der Waals surface area (Å²) in [5.41, 5.74) is 1.01. The average Bonchev–Trinajstić information content (AvgIpc) is 2.50. The normalized spacial score (nSPS) is 47.5. The number of allylic oxidation sites excluding steroid dienone is 2. The van der Waals surface area contributed by atoms with E-state index in [1.54, 1.807) is 0 Å². The standard InChI is InChI=1S/C15H24O/c1-11(2)13-6-5-12(3)15(13)9-7-14(4,16)8-10-15/h7,9,12-13,16H,1,5-6,8,10H2,2-4H3. The first-order valence-corrected chi connectivity index (χ1v) is 6.45. The smallest absolute Gasteiger partial charge is 0.0800 e. The van der Waals surface area contributed by atoms with Crippen LogP contribution in [0.1, 0.15) is 46.5 Å². The lowest BCUT2D eigenvalue weighted by Gasteiger charge is -2.42. The van der Waals surface area contributed by atoms with E-state index < -0.39 is 5.60 Å². The molecule has 1 spiro atoms. The second-order valence-corrected chi connectivity index (χ2v) is 6.18. The van der Waals surface area contributed by atoms with Gasteiger partial charge in [0.2, 0.25) is 0 Å². The van der Waals surface area contributed by atoms with E-state index in [1.807, 2.05) is 13.0 Å². The van der Waals surface area contributed by atoms with Crippen LogP contribution in [0, 0.1) is 17.3 Å². The van der Waals surface area contributed by atoms with Crippen LogP contribution < -0.4 is 0 Å². The molecule has 0 heterocycles. The third-order valence-electron chi connectivity index (χ3n) is 4.87. The SMILES string of the molecule is C=C(C)C1CCC(C)C12C=CC(C)(O)CC2. The zero-order chi connectivity index (χ0) is 12.0. The largest absolute Gasteiger partial charge is 0.386 e. The van der Waals surface area contributed by atoms with Crippen LogP contribution >= 0.6 is 0 Å². The quantitative estimate of drug-likeness (QED) is 0.668. The molecule has 16 heavy (non-hydrogen) atoms. The van der Waals surface area contributed by atoms with Crippen LogP contribution in [-0.4, -0.2) is 10.7 Å². The van der Waals surface area contributed by atoms with Crippen molar-refractivity contribution in [2.45, 2.75) is 52.1 Å². The highest BCUT2D eigenvalue weighted by molar-refractivity contribution is 5.22. The summed E-state index contributed by atoms with van der Waals surface area (Å²) >= 11 is 0. The maximum absolute atomic E-state index is 10.0. The molecule has 4 atom stereocenters. The molecule has 0 amide bonds. The first-order chi connectivity index (χ1) is 7.37. The monoisotopic (exact) mass is 220 g/mol. The summed E-state index contributed by atoms with van der Waals surface area (Å²) in [7, 11) is 0. The van der Waals surface area contributed by atoms with Crippen LogP contribution in [0.15, 0.2) is 24.3 Å². The van der Waals surface area contributed by atoms with Gasteiger partial charge in [0.25, 0.3) is 0 Å². The molecule has 0 aromatic heterocycles. The van der Waals surface area contributed by atoms with Gasteiger partial charge in [-0.15, -0.1) is 0 Å². The molecular formula is C15H24O. The summed E-state index contributed by atoms with van der Waals surface area (Å²) in [4.78, 5) is 0. The molecule has 1 N–H and O–H groups in total. The molecule has 1 heteroatoms. The lowest BCUT2D eigenvalue weighted by molar-refractivity contribution is 0.0585. The van der Waals surface area contributed by atoms with Crippen molar-refractivity contribution >= 4 is 0 Å². The van der Waals surface area contributed by atoms with E-state index in [0.717, 1.165) is 18.8 Å². The van der Waals surface area contributed by atoms with E-state index >= 15 is 0 Å². The third-order valence-corrected chi connectivity index (χ3v) is 4.87. The molecule has 2 aliphatic rings. The van der Waals surface area contributed by atoms with Gasteiger partial charge in [0.15, 0.2) is 0 Å². The fourth-order valence-corrected chi connectivity index (χ4v) is 3.67. The summed E-state index contributed by atoms with van der Waals surface area (Å²) in [5.74, 6) is 1.34. The zero-order valence-electron chi connectivity index (χ0n) is 10.8. The number of hydrogen-bond donors (Lipinski definition) is 1. The fraction of sp³-hybridized carbons (Fsp3) is 0.733. The van der Waals surface area contributed by atoms with Gasteiger partial charge in [-0.25, -0.2) is 0 Å². The average molecular weight is 220 g/mol. The minimum atomic E-state index is -0.590. The van der Waals surface area contributed by atoms with Crippen LogP contribution in [-0.2, 0) is 0 Å². The van der Waals surface area contributed by atoms with Gasteiger partial charge in [-0.2, -0.15) is 0 Å². The maximum atomic E-state index is 10.0. The van der Waals surface area contributed by atoms with Crippen molar-refractivity contribution in [1.29, 1.82) is 0 Å². The van der Waals surface area contributed by atoms with Crippen molar-refractivity contribution in [2.75, 3.05) is 0 Å². The molecule has 0 aliphatic heterocycles. The van der Waals surface area contributed by atoms with Crippen LogP contribution in [0.4, 0.5) is 0 Å². The molecule has 0 saturated heterocycles. The molecule has 1 saturated carbocycles. The lowest BCUT2D eigenvalue weighted by atomic mass is 9.63. The Balaban J connectivity index is 2.32. The maximum Gasteiger partial charge on any atom is 0.0800 e. The Hall–Kier alpha value is -0.560. The van der Waals surface area contributed by atoms with E-state index in [1.165, 1.54) is 18.4 Å². The third kappa shape index (κ3) is 1.75. The van der Waals surface area contributed by atoms with Gasteiger partial charge in [0, 0.05) is 0 Å². The van der Waals surface area contributed by atoms with Crippen LogP contribution in [0.5, 0.6) is 0 Å². The Morgan fingerprint density at radius 3 is 2.50 bits per heavy atom. The second kappa shape index (κ2) is 3.73. The number of rotatable bonds is 1. The minimum absolute atomic E-state index is 0.286. The highest BCUT2D eigenvalue weighted by Crippen LogP contribution is 2.56. The molecule has 1 fully saturated rings. The highest BCUT2D eigenvalue weighted by Gasteiger charge is 2.48. The van der Waals surface area contributed by atoms with Crippen LogP contribution in [0.2, 0.25) is 0 Å². The van der Waals surface area contributed by atoms with Gasteiger partial charge in [0.1, 0.15) is 0 Å².